The van der Waals surface area contributed by atoms with E-state index in [1.54, 1.807) is 20.8 Å². The number of primary amides is 1. The molecule has 0 saturated carbocycles. The highest BCUT2D eigenvalue weighted by Crippen LogP contribution is 2.11. The van der Waals surface area contributed by atoms with Crippen molar-refractivity contribution in [2.45, 2.75) is 33.7 Å². The number of rotatable bonds is 4. The fourth-order valence-corrected chi connectivity index (χ4v) is 0.789. The van der Waals surface area contributed by atoms with Gasteiger partial charge in [-0.15, -0.1) is 0 Å². The zero-order valence-electron chi connectivity index (χ0n) is 10.1. The number of nitrogens with two attached hydrogens (primary N) is 1. The van der Waals surface area contributed by atoms with Gasteiger partial charge in [0.15, 0.2) is 0 Å². The van der Waals surface area contributed by atoms with Gasteiger partial charge < -0.3 is 16.4 Å². The third kappa shape index (κ3) is 5.33. The van der Waals surface area contributed by atoms with Gasteiger partial charge in [-0.1, -0.05) is 20.8 Å². The molecule has 0 radical (unpaired) electrons. The van der Waals surface area contributed by atoms with Gasteiger partial charge in [-0.3, -0.25) is 14.4 Å². The van der Waals surface area contributed by atoms with Crippen LogP contribution in [0.2, 0.25) is 0 Å². The molecule has 6 heteroatoms. The molecule has 1 atom stereocenters. The lowest BCUT2D eigenvalue weighted by molar-refractivity contribution is -0.131. The summed E-state index contributed by atoms with van der Waals surface area (Å²) in [6, 6.07) is -0.737. The predicted octanol–water partition coefficient (Wildman–Crippen LogP) is -0.861. The minimum atomic E-state index is -0.737. The number of carbonyl (C=O) groups is 3. The van der Waals surface area contributed by atoms with Crippen LogP contribution in [-0.4, -0.2) is 30.3 Å². The number of amides is 3. The quantitative estimate of drug-likeness (QED) is 0.584. The standard InChI is InChI=1S/C10H19N3O3/c1-6(8(11)15)13-7(14)5-12-9(16)10(2,3)4/h6H,5H2,1-4H3,(H2,11,15)(H,12,16)(H,13,14). The zero-order chi connectivity index (χ0) is 12.9. The van der Waals surface area contributed by atoms with Crippen LogP contribution < -0.4 is 16.4 Å². The summed E-state index contributed by atoms with van der Waals surface area (Å²) in [5.41, 5.74) is 4.42. The first-order valence-electron chi connectivity index (χ1n) is 5.01. The van der Waals surface area contributed by atoms with Crippen molar-refractivity contribution in [3.8, 4) is 0 Å². The van der Waals surface area contributed by atoms with Crippen molar-refractivity contribution in [1.29, 1.82) is 0 Å². The van der Waals surface area contributed by atoms with Crippen LogP contribution in [0.25, 0.3) is 0 Å². The van der Waals surface area contributed by atoms with Gasteiger partial charge in [0, 0.05) is 5.41 Å². The van der Waals surface area contributed by atoms with Crippen molar-refractivity contribution in [3.05, 3.63) is 0 Å². The first-order chi connectivity index (χ1) is 7.14. The largest absolute Gasteiger partial charge is 0.368 e. The second kappa shape index (κ2) is 5.48. The van der Waals surface area contributed by atoms with E-state index in [2.05, 4.69) is 10.6 Å². The summed E-state index contributed by atoms with van der Waals surface area (Å²) in [4.78, 5) is 33.3. The summed E-state index contributed by atoms with van der Waals surface area (Å²) in [6.07, 6.45) is 0. The van der Waals surface area contributed by atoms with Crippen LogP contribution in [0.5, 0.6) is 0 Å². The van der Waals surface area contributed by atoms with Gasteiger partial charge in [-0.25, -0.2) is 0 Å². The Morgan fingerprint density at radius 3 is 2.12 bits per heavy atom. The summed E-state index contributed by atoms with van der Waals surface area (Å²) in [6.45, 7) is 6.55. The molecule has 16 heavy (non-hydrogen) atoms. The lowest BCUT2D eigenvalue weighted by Crippen LogP contribution is -2.47. The molecule has 4 N–H and O–H groups in total. The van der Waals surface area contributed by atoms with Crippen LogP contribution in [0.1, 0.15) is 27.7 Å². The molecule has 3 amide bonds. The summed E-state index contributed by atoms with van der Waals surface area (Å²) < 4.78 is 0. The van der Waals surface area contributed by atoms with Crippen molar-refractivity contribution in [2.75, 3.05) is 6.54 Å². The normalized spacial score (nSPS) is 12.8. The maximum absolute atomic E-state index is 11.4. The van der Waals surface area contributed by atoms with Crippen LogP contribution in [0.15, 0.2) is 0 Å². The van der Waals surface area contributed by atoms with E-state index in [1.165, 1.54) is 6.92 Å². The highest BCUT2D eigenvalue weighted by Gasteiger charge is 2.21. The van der Waals surface area contributed by atoms with Gasteiger partial charge in [0.05, 0.1) is 6.54 Å². The Morgan fingerprint density at radius 1 is 1.25 bits per heavy atom. The fourth-order valence-electron chi connectivity index (χ4n) is 0.789. The number of hydrogen-bond donors (Lipinski definition) is 3. The van der Waals surface area contributed by atoms with Crippen molar-refractivity contribution in [2.24, 2.45) is 11.1 Å². The van der Waals surface area contributed by atoms with Crippen molar-refractivity contribution in [1.82, 2.24) is 10.6 Å². The van der Waals surface area contributed by atoms with E-state index in [1.807, 2.05) is 0 Å². The lowest BCUT2D eigenvalue weighted by atomic mass is 9.96. The number of carbonyl (C=O) groups excluding carboxylic acids is 3. The molecule has 0 spiro atoms. The Morgan fingerprint density at radius 2 is 1.75 bits per heavy atom. The van der Waals surface area contributed by atoms with E-state index in [9.17, 15) is 14.4 Å². The second-order valence-corrected chi connectivity index (χ2v) is 4.62. The molecule has 92 valence electrons. The molecule has 0 fully saturated rings. The fraction of sp³-hybridized carbons (Fsp3) is 0.700. The number of nitrogens with one attached hydrogen (secondary N) is 2. The molecule has 0 aromatic carbocycles. The molecule has 0 aromatic heterocycles. The van der Waals surface area contributed by atoms with Gasteiger partial charge in [0.2, 0.25) is 17.7 Å². The topological polar surface area (TPSA) is 101 Å². The van der Waals surface area contributed by atoms with Crippen LogP contribution in [0, 0.1) is 5.41 Å². The van der Waals surface area contributed by atoms with Crippen molar-refractivity contribution < 1.29 is 14.4 Å². The Kier molecular flexibility index (Phi) is 4.94. The number of hydrogen-bond acceptors (Lipinski definition) is 3. The Bertz CT molecular complexity index is 294. The zero-order valence-corrected chi connectivity index (χ0v) is 10.1. The molecule has 0 bridgehead atoms. The molecule has 0 aliphatic carbocycles. The Balaban J connectivity index is 4.01. The van der Waals surface area contributed by atoms with E-state index in [0.717, 1.165) is 0 Å². The SMILES string of the molecule is CC(NC(=O)CNC(=O)C(C)(C)C)C(N)=O. The average molecular weight is 229 g/mol. The summed E-state index contributed by atoms with van der Waals surface area (Å²) >= 11 is 0. The van der Waals surface area contributed by atoms with E-state index in [-0.39, 0.29) is 12.5 Å². The van der Waals surface area contributed by atoms with Crippen LogP contribution in [0.4, 0.5) is 0 Å². The molecule has 6 nitrogen and oxygen atoms in total. The summed E-state index contributed by atoms with van der Waals surface area (Å²) in [7, 11) is 0. The molecule has 0 aliphatic rings. The maximum atomic E-state index is 11.4. The van der Waals surface area contributed by atoms with E-state index in [4.69, 9.17) is 5.73 Å². The van der Waals surface area contributed by atoms with E-state index < -0.39 is 23.3 Å². The Labute approximate surface area is 94.9 Å². The monoisotopic (exact) mass is 229 g/mol. The van der Waals surface area contributed by atoms with Crippen LogP contribution in [0.3, 0.4) is 0 Å². The molecule has 0 rings (SSSR count). The van der Waals surface area contributed by atoms with E-state index >= 15 is 0 Å². The van der Waals surface area contributed by atoms with Gasteiger partial charge in [-0.05, 0) is 6.92 Å². The van der Waals surface area contributed by atoms with Gasteiger partial charge in [0.25, 0.3) is 0 Å². The third-order valence-corrected chi connectivity index (χ3v) is 1.89. The molecule has 0 aromatic rings. The summed E-state index contributed by atoms with van der Waals surface area (Å²) in [5, 5.41) is 4.82. The first kappa shape index (κ1) is 14.4. The van der Waals surface area contributed by atoms with Crippen LogP contribution in [-0.2, 0) is 14.4 Å². The second-order valence-electron chi connectivity index (χ2n) is 4.62. The Hall–Kier alpha value is -1.59. The predicted molar refractivity (Wildman–Crippen MR) is 59.3 cm³/mol. The summed E-state index contributed by atoms with van der Waals surface area (Å²) in [5.74, 6) is -1.28. The molecular weight excluding hydrogens is 210 g/mol. The molecule has 0 heterocycles. The lowest BCUT2D eigenvalue weighted by Gasteiger charge is -2.17. The van der Waals surface area contributed by atoms with E-state index in [0.29, 0.717) is 0 Å². The molecule has 0 aliphatic heterocycles. The van der Waals surface area contributed by atoms with Gasteiger partial charge >= 0.3 is 0 Å². The van der Waals surface area contributed by atoms with Crippen molar-refractivity contribution >= 4 is 17.7 Å². The molecule has 1 unspecified atom stereocenters. The molecule has 0 saturated heterocycles. The maximum Gasteiger partial charge on any atom is 0.240 e. The van der Waals surface area contributed by atoms with Crippen LogP contribution >= 0.6 is 0 Å². The smallest absolute Gasteiger partial charge is 0.240 e. The molecular formula is C10H19N3O3. The first-order valence-corrected chi connectivity index (χ1v) is 5.01. The average Bonchev–Trinajstić information content (AvgIpc) is 2.12. The minimum Gasteiger partial charge on any atom is -0.368 e. The minimum absolute atomic E-state index is 0.159. The third-order valence-electron chi connectivity index (χ3n) is 1.89. The van der Waals surface area contributed by atoms with Gasteiger partial charge in [-0.2, -0.15) is 0 Å². The van der Waals surface area contributed by atoms with Gasteiger partial charge in [0.1, 0.15) is 6.04 Å². The van der Waals surface area contributed by atoms with Crippen molar-refractivity contribution in [3.63, 3.8) is 0 Å². The highest BCUT2D eigenvalue weighted by atomic mass is 16.2. The highest BCUT2D eigenvalue weighted by molar-refractivity contribution is 5.90.